The maximum Gasteiger partial charge on any atom is 0.239 e. The van der Waals surface area contributed by atoms with Crippen LogP contribution < -0.4 is 15.0 Å². The smallest absolute Gasteiger partial charge is 0.239 e. The third-order valence-corrected chi connectivity index (χ3v) is 5.27. The van der Waals surface area contributed by atoms with Crippen LogP contribution in [0.3, 0.4) is 0 Å². The van der Waals surface area contributed by atoms with E-state index >= 15 is 0 Å². The number of nitrogens with one attached hydrogen (secondary N) is 1. The molecular formula is C18H17ClN2O3S. The summed E-state index contributed by atoms with van der Waals surface area (Å²) in [6, 6.07) is 14.9. The van der Waals surface area contributed by atoms with E-state index in [1.54, 1.807) is 23.8 Å². The fraction of sp³-hybridized carbons (Fsp3) is 0.222. The summed E-state index contributed by atoms with van der Waals surface area (Å²) in [6.45, 7) is 0. The maximum absolute atomic E-state index is 12.4. The third-order valence-electron chi connectivity index (χ3n) is 3.82. The number of hydrogen-bond donors (Lipinski definition) is 1. The van der Waals surface area contributed by atoms with Crippen LogP contribution in [0.15, 0.2) is 48.5 Å². The topological polar surface area (TPSA) is 58.6 Å². The number of anilines is 2. The van der Waals surface area contributed by atoms with Crippen molar-refractivity contribution in [1.82, 2.24) is 0 Å². The van der Waals surface area contributed by atoms with E-state index in [1.165, 1.54) is 0 Å². The molecule has 5 nitrogen and oxygen atoms in total. The molecule has 1 aliphatic heterocycles. The summed E-state index contributed by atoms with van der Waals surface area (Å²) in [7, 11) is 1.61. The Morgan fingerprint density at radius 3 is 2.52 bits per heavy atom. The molecule has 0 aliphatic carbocycles. The number of halogens is 1. The first-order chi connectivity index (χ1) is 12.1. The summed E-state index contributed by atoms with van der Waals surface area (Å²) < 4.78 is 5.17. The Labute approximate surface area is 155 Å². The zero-order valence-corrected chi connectivity index (χ0v) is 15.1. The van der Waals surface area contributed by atoms with Crippen LogP contribution in [-0.2, 0) is 9.59 Å². The van der Waals surface area contributed by atoms with Crippen LogP contribution >= 0.6 is 23.4 Å². The second-order valence-corrected chi connectivity index (χ2v) is 6.76. The second kappa shape index (κ2) is 7.80. The summed E-state index contributed by atoms with van der Waals surface area (Å²) in [6.07, 6.45) is 0. The van der Waals surface area contributed by atoms with Crippen molar-refractivity contribution in [1.29, 1.82) is 0 Å². The van der Waals surface area contributed by atoms with Crippen molar-refractivity contribution in [3.8, 4) is 5.75 Å². The molecule has 1 saturated heterocycles. The lowest BCUT2D eigenvalue weighted by Crippen LogP contribution is -2.27. The van der Waals surface area contributed by atoms with Crippen molar-refractivity contribution >= 4 is 46.6 Å². The Morgan fingerprint density at radius 2 is 1.92 bits per heavy atom. The average molecular weight is 377 g/mol. The van der Waals surface area contributed by atoms with Crippen molar-refractivity contribution in [2.45, 2.75) is 5.37 Å². The highest BCUT2D eigenvalue weighted by Crippen LogP contribution is 2.42. The highest BCUT2D eigenvalue weighted by atomic mass is 35.5. The minimum Gasteiger partial charge on any atom is -0.497 e. The van der Waals surface area contributed by atoms with Crippen molar-refractivity contribution < 1.29 is 14.3 Å². The van der Waals surface area contributed by atoms with Crippen LogP contribution in [0.2, 0.25) is 0 Å². The first-order valence-electron chi connectivity index (χ1n) is 7.66. The number of nitrogens with zero attached hydrogens (tertiary/aromatic N) is 1. The van der Waals surface area contributed by atoms with E-state index < -0.39 is 0 Å². The van der Waals surface area contributed by atoms with Crippen LogP contribution in [0.25, 0.3) is 0 Å². The molecule has 7 heteroatoms. The standard InChI is InChI=1S/C18H17ClN2O3S/c1-24-15-8-6-14(7-9-15)21-17(23)11-25-18(21)12-2-4-13(5-3-12)20-16(22)10-19/h2-9,18H,10-11H2,1H3,(H,20,22)/t18-/m0/s1. The van der Waals surface area contributed by atoms with Gasteiger partial charge in [-0.1, -0.05) is 12.1 Å². The lowest BCUT2D eigenvalue weighted by molar-refractivity contribution is -0.116. The Hall–Kier alpha value is -2.18. The van der Waals surface area contributed by atoms with Crippen LogP contribution in [0.4, 0.5) is 11.4 Å². The van der Waals surface area contributed by atoms with Crippen LogP contribution in [0.5, 0.6) is 5.75 Å². The molecule has 1 fully saturated rings. The van der Waals surface area contributed by atoms with Crippen molar-refractivity contribution in [2.75, 3.05) is 29.0 Å². The first-order valence-corrected chi connectivity index (χ1v) is 9.24. The molecule has 0 bridgehead atoms. The van der Waals surface area contributed by atoms with Gasteiger partial charge in [0.1, 0.15) is 17.0 Å². The van der Waals surface area contributed by atoms with Gasteiger partial charge < -0.3 is 10.1 Å². The summed E-state index contributed by atoms with van der Waals surface area (Å²) >= 11 is 7.07. The molecular weight excluding hydrogens is 360 g/mol. The number of carbonyl (C=O) groups is 2. The highest BCUT2D eigenvalue weighted by Gasteiger charge is 2.33. The van der Waals surface area contributed by atoms with E-state index in [0.717, 1.165) is 17.0 Å². The molecule has 2 aromatic rings. The molecule has 2 aromatic carbocycles. The van der Waals surface area contributed by atoms with Gasteiger partial charge in [0.2, 0.25) is 11.8 Å². The fourth-order valence-electron chi connectivity index (χ4n) is 2.62. The van der Waals surface area contributed by atoms with E-state index in [4.69, 9.17) is 16.3 Å². The van der Waals surface area contributed by atoms with E-state index in [0.29, 0.717) is 11.4 Å². The number of methoxy groups -OCH3 is 1. The first kappa shape index (κ1) is 17.6. The van der Waals surface area contributed by atoms with Crippen LogP contribution in [0, 0.1) is 0 Å². The fourth-order valence-corrected chi connectivity index (χ4v) is 3.86. The molecule has 0 aromatic heterocycles. The van der Waals surface area contributed by atoms with Crippen molar-refractivity contribution in [3.63, 3.8) is 0 Å². The Bertz CT molecular complexity index is 765. The Kier molecular flexibility index (Phi) is 5.50. The van der Waals surface area contributed by atoms with E-state index in [-0.39, 0.29) is 23.1 Å². The van der Waals surface area contributed by atoms with Gasteiger partial charge in [-0.3, -0.25) is 14.5 Å². The number of hydrogen-bond acceptors (Lipinski definition) is 4. The molecule has 130 valence electrons. The Morgan fingerprint density at radius 1 is 1.24 bits per heavy atom. The van der Waals surface area contributed by atoms with Gasteiger partial charge in [0.15, 0.2) is 0 Å². The molecule has 0 radical (unpaired) electrons. The number of rotatable bonds is 5. The van der Waals surface area contributed by atoms with Crippen molar-refractivity contribution in [2.24, 2.45) is 0 Å². The van der Waals surface area contributed by atoms with Gasteiger partial charge in [-0.25, -0.2) is 0 Å². The molecule has 3 rings (SSSR count). The molecule has 1 aliphatic rings. The van der Waals surface area contributed by atoms with Crippen LogP contribution in [0.1, 0.15) is 10.9 Å². The molecule has 0 unspecified atom stereocenters. The minimum atomic E-state index is -0.250. The molecule has 2 amide bonds. The van der Waals surface area contributed by atoms with Gasteiger partial charge >= 0.3 is 0 Å². The molecule has 1 N–H and O–H groups in total. The minimum absolute atomic E-state index is 0.0692. The number of benzene rings is 2. The van der Waals surface area contributed by atoms with Gasteiger partial charge in [-0.05, 0) is 42.0 Å². The van der Waals surface area contributed by atoms with Gasteiger partial charge in [0.25, 0.3) is 0 Å². The Balaban J connectivity index is 1.82. The molecule has 1 atom stereocenters. The number of amides is 2. The molecule has 0 spiro atoms. The van der Waals surface area contributed by atoms with E-state index in [1.807, 2.05) is 48.5 Å². The normalized spacial score (nSPS) is 16.8. The van der Waals surface area contributed by atoms with E-state index in [2.05, 4.69) is 5.32 Å². The average Bonchev–Trinajstić information content (AvgIpc) is 3.04. The summed E-state index contributed by atoms with van der Waals surface area (Å²) in [5.74, 6) is 0.917. The predicted molar refractivity (Wildman–Crippen MR) is 101 cm³/mol. The van der Waals surface area contributed by atoms with E-state index in [9.17, 15) is 9.59 Å². The van der Waals surface area contributed by atoms with Crippen LogP contribution in [-0.4, -0.2) is 30.6 Å². The summed E-state index contributed by atoms with van der Waals surface area (Å²) in [5.41, 5.74) is 2.51. The van der Waals surface area contributed by atoms with Gasteiger partial charge in [-0.2, -0.15) is 0 Å². The van der Waals surface area contributed by atoms with Crippen molar-refractivity contribution in [3.05, 3.63) is 54.1 Å². The largest absolute Gasteiger partial charge is 0.497 e. The summed E-state index contributed by atoms with van der Waals surface area (Å²) in [5, 5.41) is 2.60. The quantitative estimate of drug-likeness (QED) is 0.809. The number of alkyl halides is 1. The lowest BCUT2D eigenvalue weighted by Gasteiger charge is -2.24. The number of ether oxygens (including phenoxy) is 1. The van der Waals surface area contributed by atoms with Gasteiger partial charge in [0, 0.05) is 11.4 Å². The van der Waals surface area contributed by atoms with Gasteiger partial charge in [-0.15, -0.1) is 23.4 Å². The zero-order valence-electron chi connectivity index (χ0n) is 13.6. The highest BCUT2D eigenvalue weighted by molar-refractivity contribution is 8.00. The number of carbonyl (C=O) groups excluding carboxylic acids is 2. The second-order valence-electron chi connectivity index (χ2n) is 5.43. The number of thioether (sulfide) groups is 1. The molecule has 1 heterocycles. The molecule has 0 saturated carbocycles. The summed E-state index contributed by atoms with van der Waals surface area (Å²) in [4.78, 5) is 25.5. The van der Waals surface area contributed by atoms with Gasteiger partial charge in [0.05, 0.1) is 12.9 Å². The predicted octanol–water partition coefficient (Wildman–Crippen LogP) is 3.65. The maximum atomic E-state index is 12.4. The molecule has 25 heavy (non-hydrogen) atoms. The lowest BCUT2D eigenvalue weighted by atomic mass is 10.1. The monoisotopic (exact) mass is 376 g/mol. The zero-order chi connectivity index (χ0) is 17.8. The third kappa shape index (κ3) is 3.91. The SMILES string of the molecule is COc1ccc(N2C(=O)CS[C@H]2c2ccc(NC(=O)CCl)cc2)cc1.